The predicted octanol–water partition coefficient (Wildman–Crippen LogP) is 3.97. The predicted molar refractivity (Wildman–Crippen MR) is 85.0 cm³/mol. The molecule has 0 saturated heterocycles. The van der Waals surface area contributed by atoms with Gasteiger partial charge in [-0.15, -0.1) is 11.3 Å². The van der Waals surface area contributed by atoms with Gasteiger partial charge in [-0.05, 0) is 52.0 Å². The van der Waals surface area contributed by atoms with E-state index in [9.17, 15) is 0 Å². The van der Waals surface area contributed by atoms with Gasteiger partial charge < -0.3 is 5.32 Å². The number of thiophene rings is 1. The lowest BCUT2D eigenvalue weighted by molar-refractivity contribution is 0.0668. The van der Waals surface area contributed by atoms with Gasteiger partial charge in [0.05, 0.1) is 6.04 Å². The Hall–Kier alpha value is -0.380. The van der Waals surface area contributed by atoms with Crippen LogP contribution in [0.25, 0.3) is 0 Å². The second-order valence-corrected chi connectivity index (χ2v) is 6.97. The van der Waals surface area contributed by atoms with E-state index in [1.54, 1.807) is 0 Å². The molecule has 0 amide bonds. The normalized spacial score (nSPS) is 20.1. The highest BCUT2D eigenvalue weighted by atomic mass is 32.1. The van der Waals surface area contributed by atoms with Gasteiger partial charge in [0.15, 0.2) is 0 Å². The third-order valence-corrected chi connectivity index (χ3v) is 5.80. The van der Waals surface area contributed by atoms with Crippen LogP contribution in [-0.2, 0) is 0 Å². The van der Waals surface area contributed by atoms with Gasteiger partial charge in [0.25, 0.3) is 0 Å². The molecule has 0 spiro atoms. The van der Waals surface area contributed by atoms with E-state index in [-0.39, 0.29) is 0 Å². The lowest BCUT2D eigenvalue weighted by Crippen LogP contribution is -2.54. The maximum absolute atomic E-state index is 3.63. The zero-order valence-corrected chi connectivity index (χ0v) is 13.6. The van der Waals surface area contributed by atoms with E-state index in [4.69, 9.17) is 0 Å². The van der Waals surface area contributed by atoms with Crippen LogP contribution in [0, 0.1) is 6.92 Å². The highest BCUT2D eigenvalue weighted by Gasteiger charge is 2.45. The van der Waals surface area contributed by atoms with Crippen LogP contribution in [0.5, 0.6) is 0 Å². The molecule has 1 unspecified atom stereocenters. The lowest BCUT2D eigenvalue weighted by Gasteiger charge is -2.46. The first-order chi connectivity index (χ1) is 9.17. The first-order valence-electron chi connectivity index (χ1n) is 7.66. The summed E-state index contributed by atoms with van der Waals surface area (Å²) in [4.78, 5) is 5.62. The standard InChI is InChI=1S/C16H28N2S/c1-5-18(6-2)16(11-7-8-12-16)15(17-4)14-10-9-13(3)19-14/h9-10,15,17H,5-8,11-12H2,1-4H3. The fraction of sp³-hybridized carbons (Fsp3) is 0.750. The summed E-state index contributed by atoms with van der Waals surface area (Å²) in [5.74, 6) is 0. The third kappa shape index (κ3) is 2.74. The Morgan fingerprint density at radius 1 is 1.26 bits per heavy atom. The van der Waals surface area contributed by atoms with Gasteiger partial charge in [-0.1, -0.05) is 26.7 Å². The molecule has 2 nitrogen and oxygen atoms in total. The average Bonchev–Trinajstić information content (AvgIpc) is 3.03. The van der Waals surface area contributed by atoms with Crippen LogP contribution in [0.15, 0.2) is 12.1 Å². The largest absolute Gasteiger partial charge is 0.311 e. The van der Waals surface area contributed by atoms with Crippen molar-refractivity contribution in [2.75, 3.05) is 20.1 Å². The van der Waals surface area contributed by atoms with Crippen LogP contribution < -0.4 is 5.32 Å². The average molecular weight is 280 g/mol. The van der Waals surface area contributed by atoms with Gasteiger partial charge >= 0.3 is 0 Å². The van der Waals surface area contributed by atoms with Gasteiger partial charge in [0.1, 0.15) is 0 Å². The summed E-state index contributed by atoms with van der Waals surface area (Å²) in [7, 11) is 2.13. The van der Waals surface area contributed by atoms with Crippen LogP contribution in [0.3, 0.4) is 0 Å². The van der Waals surface area contributed by atoms with Gasteiger partial charge in [0, 0.05) is 15.3 Å². The van der Waals surface area contributed by atoms with Crippen LogP contribution in [-0.4, -0.2) is 30.6 Å². The Balaban J connectivity index is 2.35. The first kappa shape index (κ1) is 15.0. The van der Waals surface area contributed by atoms with Crippen molar-refractivity contribution in [1.29, 1.82) is 0 Å². The lowest BCUT2D eigenvalue weighted by atomic mass is 9.85. The van der Waals surface area contributed by atoms with E-state index in [0.29, 0.717) is 11.6 Å². The van der Waals surface area contributed by atoms with Crippen LogP contribution in [0.2, 0.25) is 0 Å². The smallest absolute Gasteiger partial charge is 0.0599 e. The molecule has 0 aromatic carbocycles. The Bertz CT molecular complexity index is 389. The molecule has 1 saturated carbocycles. The third-order valence-electron chi connectivity index (χ3n) is 4.73. The molecule has 0 radical (unpaired) electrons. The van der Waals surface area contributed by atoms with Gasteiger partial charge in [-0.3, -0.25) is 4.90 Å². The maximum Gasteiger partial charge on any atom is 0.0599 e. The highest BCUT2D eigenvalue weighted by molar-refractivity contribution is 7.12. The van der Waals surface area contributed by atoms with Crippen molar-refractivity contribution in [3.05, 3.63) is 21.9 Å². The number of nitrogens with zero attached hydrogens (tertiary/aromatic N) is 1. The zero-order chi connectivity index (χ0) is 13.9. The molecular weight excluding hydrogens is 252 g/mol. The second kappa shape index (κ2) is 6.38. The van der Waals surface area contributed by atoms with Crippen molar-refractivity contribution < 1.29 is 0 Å². The Labute approximate surface area is 122 Å². The molecular formula is C16H28N2S. The van der Waals surface area contributed by atoms with Gasteiger partial charge in [0.2, 0.25) is 0 Å². The number of nitrogens with one attached hydrogen (secondary N) is 1. The second-order valence-electron chi connectivity index (χ2n) is 5.65. The molecule has 1 aromatic heterocycles. The molecule has 108 valence electrons. The monoisotopic (exact) mass is 280 g/mol. The fourth-order valence-electron chi connectivity index (χ4n) is 3.91. The van der Waals surface area contributed by atoms with Crippen LogP contribution in [0.1, 0.15) is 55.3 Å². The van der Waals surface area contributed by atoms with E-state index in [0.717, 1.165) is 13.1 Å². The summed E-state index contributed by atoms with van der Waals surface area (Å²) in [6.07, 6.45) is 5.41. The summed E-state index contributed by atoms with van der Waals surface area (Å²) in [6.45, 7) is 9.11. The highest BCUT2D eigenvalue weighted by Crippen LogP contribution is 2.45. The van der Waals surface area contributed by atoms with E-state index in [2.05, 4.69) is 50.2 Å². The topological polar surface area (TPSA) is 15.3 Å². The van der Waals surface area contributed by atoms with E-state index in [1.165, 1.54) is 35.4 Å². The van der Waals surface area contributed by atoms with Crippen molar-refractivity contribution in [2.24, 2.45) is 0 Å². The van der Waals surface area contributed by atoms with Crippen LogP contribution in [0.4, 0.5) is 0 Å². The minimum absolute atomic E-state index is 0.329. The molecule has 1 atom stereocenters. The molecule has 0 aliphatic heterocycles. The maximum atomic E-state index is 3.63. The Morgan fingerprint density at radius 3 is 2.32 bits per heavy atom. The van der Waals surface area contributed by atoms with E-state index in [1.807, 2.05) is 11.3 Å². The number of hydrogen-bond acceptors (Lipinski definition) is 3. The summed E-state index contributed by atoms with van der Waals surface area (Å²) in [6, 6.07) is 5.06. The minimum atomic E-state index is 0.329. The molecule has 1 heterocycles. The molecule has 1 N–H and O–H groups in total. The summed E-state index contributed by atoms with van der Waals surface area (Å²) in [5, 5.41) is 3.63. The molecule has 1 fully saturated rings. The minimum Gasteiger partial charge on any atom is -0.311 e. The number of likely N-dealkylation sites (N-methyl/N-ethyl adjacent to an activating group) is 2. The number of hydrogen-bond donors (Lipinski definition) is 1. The summed E-state index contributed by atoms with van der Waals surface area (Å²) in [5.41, 5.74) is 0.329. The summed E-state index contributed by atoms with van der Waals surface area (Å²) < 4.78 is 0. The Morgan fingerprint density at radius 2 is 1.89 bits per heavy atom. The van der Waals surface area contributed by atoms with E-state index >= 15 is 0 Å². The quantitative estimate of drug-likeness (QED) is 0.848. The van der Waals surface area contributed by atoms with E-state index < -0.39 is 0 Å². The molecule has 1 aromatic rings. The first-order valence-corrected chi connectivity index (χ1v) is 8.48. The van der Waals surface area contributed by atoms with Crippen molar-refractivity contribution in [2.45, 2.75) is 58.0 Å². The van der Waals surface area contributed by atoms with Crippen molar-refractivity contribution >= 4 is 11.3 Å². The zero-order valence-electron chi connectivity index (χ0n) is 12.8. The number of rotatable bonds is 6. The molecule has 0 bridgehead atoms. The molecule has 1 aliphatic rings. The fourth-order valence-corrected chi connectivity index (χ4v) is 5.01. The van der Waals surface area contributed by atoms with Crippen LogP contribution >= 0.6 is 11.3 Å². The molecule has 3 heteroatoms. The Kier molecular flexibility index (Phi) is 5.04. The SMILES string of the molecule is CCN(CC)C1(C(NC)c2ccc(C)s2)CCCC1. The molecule has 1 aliphatic carbocycles. The van der Waals surface area contributed by atoms with Gasteiger partial charge in [-0.2, -0.15) is 0 Å². The van der Waals surface area contributed by atoms with Crippen molar-refractivity contribution in [3.8, 4) is 0 Å². The van der Waals surface area contributed by atoms with Gasteiger partial charge in [-0.25, -0.2) is 0 Å². The molecule has 2 rings (SSSR count). The van der Waals surface area contributed by atoms with Crippen molar-refractivity contribution in [1.82, 2.24) is 10.2 Å². The number of aryl methyl sites for hydroxylation is 1. The summed E-state index contributed by atoms with van der Waals surface area (Å²) >= 11 is 1.96. The van der Waals surface area contributed by atoms with Crippen molar-refractivity contribution in [3.63, 3.8) is 0 Å². The molecule has 19 heavy (non-hydrogen) atoms.